The van der Waals surface area contributed by atoms with E-state index in [1.165, 1.54) is 6.20 Å². The average Bonchev–Trinajstić information content (AvgIpc) is 2.84. The van der Waals surface area contributed by atoms with Gasteiger partial charge >= 0.3 is 0 Å². The highest BCUT2D eigenvalue weighted by Gasteiger charge is 2.17. The van der Waals surface area contributed by atoms with Crippen LogP contribution in [-0.4, -0.2) is 34.3 Å². The highest BCUT2D eigenvalue weighted by atomic mass is 35.5. The van der Waals surface area contributed by atoms with Crippen molar-refractivity contribution in [1.29, 1.82) is 0 Å². The summed E-state index contributed by atoms with van der Waals surface area (Å²) in [4.78, 5) is 16.2. The third-order valence-electron chi connectivity index (χ3n) is 2.96. The van der Waals surface area contributed by atoms with Gasteiger partial charge < -0.3 is 4.74 Å². The molecule has 0 radical (unpaired) electrons. The quantitative estimate of drug-likeness (QED) is 0.736. The van der Waals surface area contributed by atoms with Crippen molar-refractivity contribution in [3.05, 3.63) is 47.0 Å². The van der Waals surface area contributed by atoms with Gasteiger partial charge in [-0.15, -0.1) is 0 Å². The summed E-state index contributed by atoms with van der Waals surface area (Å²) >= 11 is 6.05. The second-order valence-corrected chi connectivity index (χ2v) is 4.74. The standard InChI is InChI=1S/C14H16ClN3O2/c1-20-9-8-18-14(12(15)10-17-18)13(19)3-2-11-4-6-16-7-5-11/h4-7,10H,2-3,8-9H2,1H3. The molecule has 5 nitrogen and oxygen atoms in total. The summed E-state index contributed by atoms with van der Waals surface area (Å²) in [6.45, 7) is 1.00. The van der Waals surface area contributed by atoms with Crippen molar-refractivity contribution in [2.24, 2.45) is 0 Å². The number of carbonyl (C=O) groups excluding carboxylic acids is 1. The fourth-order valence-electron chi connectivity index (χ4n) is 1.91. The Bertz CT molecular complexity index is 569. The zero-order chi connectivity index (χ0) is 14.4. The van der Waals surface area contributed by atoms with E-state index in [9.17, 15) is 4.79 Å². The summed E-state index contributed by atoms with van der Waals surface area (Å²) in [7, 11) is 1.61. The van der Waals surface area contributed by atoms with Gasteiger partial charge in [-0.05, 0) is 24.1 Å². The molecule has 20 heavy (non-hydrogen) atoms. The normalized spacial score (nSPS) is 10.7. The van der Waals surface area contributed by atoms with Gasteiger partial charge in [-0.3, -0.25) is 14.5 Å². The molecule has 0 amide bonds. The summed E-state index contributed by atoms with van der Waals surface area (Å²) in [6, 6.07) is 3.80. The SMILES string of the molecule is COCCn1ncc(Cl)c1C(=O)CCc1ccncc1. The zero-order valence-electron chi connectivity index (χ0n) is 11.3. The Balaban J connectivity index is 2.03. The lowest BCUT2D eigenvalue weighted by atomic mass is 10.1. The second-order valence-electron chi connectivity index (χ2n) is 4.34. The van der Waals surface area contributed by atoms with Crippen molar-refractivity contribution in [1.82, 2.24) is 14.8 Å². The van der Waals surface area contributed by atoms with Crippen LogP contribution in [0.5, 0.6) is 0 Å². The Labute approximate surface area is 122 Å². The molecule has 0 aliphatic rings. The molecule has 0 aliphatic heterocycles. The molecule has 0 spiro atoms. The minimum atomic E-state index is -0.0135. The van der Waals surface area contributed by atoms with Crippen molar-refractivity contribution in [3.8, 4) is 0 Å². The molecular formula is C14H16ClN3O2. The van der Waals surface area contributed by atoms with E-state index in [2.05, 4.69) is 10.1 Å². The molecule has 0 aliphatic carbocycles. The molecule has 2 aromatic heterocycles. The molecule has 2 aromatic rings. The van der Waals surface area contributed by atoms with Crippen LogP contribution in [0.4, 0.5) is 0 Å². The molecule has 2 rings (SSSR count). The Morgan fingerprint density at radius 1 is 1.40 bits per heavy atom. The third kappa shape index (κ3) is 3.65. The predicted molar refractivity (Wildman–Crippen MR) is 76.0 cm³/mol. The van der Waals surface area contributed by atoms with Gasteiger partial charge in [0.15, 0.2) is 5.78 Å². The number of hydrogen-bond donors (Lipinski definition) is 0. The molecule has 0 atom stereocenters. The van der Waals surface area contributed by atoms with Crippen LogP contribution in [0.2, 0.25) is 5.02 Å². The van der Waals surface area contributed by atoms with Crippen molar-refractivity contribution < 1.29 is 9.53 Å². The Kier molecular flexibility index (Phi) is 5.26. The van der Waals surface area contributed by atoms with E-state index in [1.54, 1.807) is 24.2 Å². The van der Waals surface area contributed by atoms with Gasteiger partial charge in [0.1, 0.15) is 5.69 Å². The molecule has 0 bridgehead atoms. The van der Waals surface area contributed by atoms with Crippen molar-refractivity contribution in [3.63, 3.8) is 0 Å². The number of methoxy groups -OCH3 is 1. The van der Waals surface area contributed by atoms with Gasteiger partial charge in [0.2, 0.25) is 0 Å². The molecule has 0 N–H and O–H groups in total. The molecule has 6 heteroatoms. The van der Waals surface area contributed by atoms with Crippen LogP contribution >= 0.6 is 11.6 Å². The Hall–Kier alpha value is -1.72. The van der Waals surface area contributed by atoms with Crippen LogP contribution < -0.4 is 0 Å². The number of Topliss-reactive ketones (excluding diaryl/α,β-unsaturated/α-hetero) is 1. The Morgan fingerprint density at radius 2 is 2.15 bits per heavy atom. The number of carbonyl (C=O) groups is 1. The number of aryl methyl sites for hydroxylation is 1. The number of aromatic nitrogens is 3. The minimum absolute atomic E-state index is 0.0135. The molecule has 106 valence electrons. The highest BCUT2D eigenvalue weighted by Crippen LogP contribution is 2.18. The van der Waals surface area contributed by atoms with Crippen LogP contribution in [0.3, 0.4) is 0 Å². The maximum atomic E-state index is 12.3. The van der Waals surface area contributed by atoms with Crippen LogP contribution in [0.15, 0.2) is 30.7 Å². The van der Waals surface area contributed by atoms with E-state index in [4.69, 9.17) is 16.3 Å². The van der Waals surface area contributed by atoms with Gasteiger partial charge in [0, 0.05) is 25.9 Å². The molecule has 0 saturated heterocycles. The van der Waals surface area contributed by atoms with Crippen LogP contribution in [0.1, 0.15) is 22.5 Å². The zero-order valence-corrected chi connectivity index (χ0v) is 12.0. The van der Waals surface area contributed by atoms with Crippen LogP contribution in [0.25, 0.3) is 0 Å². The highest BCUT2D eigenvalue weighted by molar-refractivity contribution is 6.33. The van der Waals surface area contributed by atoms with Crippen molar-refractivity contribution >= 4 is 17.4 Å². The average molecular weight is 294 g/mol. The first-order valence-corrected chi connectivity index (χ1v) is 6.72. The first-order chi connectivity index (χ1) is 9.72. The molecule has 0 saturated carbocycles. The summed E-state index contributed by atoms with van der Waals surface area (Å²) in [5, 5.41) is 4.49. The van der Waals surface area contributed by atoms with Gasteiger partial charge in [0.25, 0.3) is 0 Å². The molecule has 0 aromatic carbocycles. The van der Waals surface area contributed by atoms with Crippen molar-refractivity contribution in [2.75, 3.05) is 13.7 Å². The largest absolute Gasteiger partial charge is 0.383 e. The van der Waals surface area contributed by atoms with Crippen molar-refractivity contribution in [2.45, 2.75) is 19.4 Å². The third-order valence-corrected chi connectivity index (χ3v) is 3.23. The lowest BCUT2D eigenvalue weighted by Crippen LogP contribution is -2.14. The molecule has 0 fully saturated rings. The fraction of sp³-hybridized carbons (Fsp3) is 0.357. The number of nitrogens with zero attached hydrogens (tertiary/aromatic N) is 3. The topological polar surface area (TPSA) is 57.0 Å². The predicted octanol–water partition coefficient (Wildman–Crippen LogP) is 2.39. The summed E-state index contributed by atoms with van der Waals surface area (Å²) in [5.74, 6) is -0.0135. The van der Waals surface area contributed by atoms with E-state index in [-0.39, 0.29) is 5.78 Å². The number of ether oxygens (including phenoxy) is 1. The molecular weight excluding hydrogens is 278 g/mol. The van der Waals surface area contributed by atoms with E-state index in [0.29, 0.717) is 36.7 Å². The van der Waals surface area contributed by atoms with Gasteiger partial charge in [-0.1, -0.05) is 11.6 Å². The second kappa shape index (κ2) is 7.17. The number of pyridine rings is 1. The fourth-order valence-corrected chi connectivity index (χ4v) is 2.16. The van der Waals surface area contributed by atoms with Gasteiger partial charge in [0.05, 0.1) is 24.4 Å². The number of ketones is 1. The molecule has 2 heterocycles. The summed E-state index contributed by atoms with van der Waals surface area (Å²) in [6.07, 6.45) is 5.98. The lowest BCUT2D eigenvalue weighted by Gasteiger charge is -2.07. The van der Waals surface area contributed by atoms with Gasteiger partial charge in [-0.2, -0.15) is 5.10 Å². The first kappa shape index (κ1) is 14.7. The minimum Gasteiger partial charge on any atom is -0.383 e. The maximum absolute atomic E-state index is 12.3. The van der Waals surface area contributed by atoms with Gasteiger partial charge in [-0.25, -0.2) is 0 Å². The number of hydrogen-bond acceptors (Lipinski definition) is 4. The first-order valence-electron chi connectivity index (χ1n) is 6.34. The lowest BCUT2D eigenvalue weighted by molar-refractivity contribution is 0.0969. The number of rotatable bonds is 7. The van der Waals surface area contributed by atoms with Crippen LogP contribution in [0, 0.1) is 0 Å². The number of halogens is 1. The summed E-state index contributed by atoms with van der Waals surface area (Å²) < 4.78 is 6.59. The van der Waals surface area contributed by atoms with Crippen LogP contribution in [-0.2, 0) is 17.7 Å². The van der Waals surface area contributed by atoms with E-state index in [1.807, 2.05) is 12.1 Å². The van der Waals surface area contributed by atoms with E-state index >= 15 is 0 Å². The summed E-state index contributed by atoms with van der Waals surface area (Å²) in [5.41, 5.74) is 1.53. The molecule has 0 unspecified atom stereocenters. The van der Waals surface area contributed by atoms with E-state index in [0.717, 1.165) is 5.56 Å². The van der Waals surface area contributed by atoms with E-state index < -0.39 is 0 Å². The Morgan fingerprint density at radius 3 is 2.85 bits per heavy atom. The maximum Gasteiger partial charge on any atom is 0.182 e. The smallest absolute Gasteiger partial charge is 0.182 e. The monoisotopic (exact) mass is 293 g/mol.